The topological polar surface area (TPSA) is 97.4 Å². The molecule has 2 rings (SSSR count). The fourth-order valence-electron chi connectivity index (χ4n) is 2.09. The number of anilines is 1. The zero-order chi connectivity index (χ0) is 19.5. The predicted molar refractivity (Wildman–Crippen MR) is 99.8 cm³/mol. The summed E-state index contributed by atoms with van der Waals surface area (Å²) in [6.07, 6.45) is 0. The number of ether oxygens (including phenoxy) is 1. The smallest absolute Gasteiger partial charge is 0.350 e. The van der Waals surface area contributed by atoms with Gasteiger partial charge in [0.05, 0.1) is 12.8 Å². The van der Waals surface area contributed by atoms with Crippen molar-refractivity contribution < 1.29 is 19.1 Å². The Bertz CT molecular complexity index is 835. The molecule has 0 spiro atoms. The summed E-state index contributed by atoms with van der Waals surface area (Å²) in [5, 5.41) is 5.81. The van der Waals surface area contributed by atoms with Crippen LogP contribution >= 0.6 is 11.3 Å². The third-order valence-corrected chi connectivity index (χ3v) is 4.34. The number of benzene rings is 1. The summed E-state index contributed by atoms with van der Waals surface area (Å²) in [5.74, 6) is -1.07. The molecular formula is C18H21N3O4S. The van der Waals surface area contributed by atoms with Gasteiger partial charge in [0, 0.05) is 16.7 Å². The van der Waals surface area contributed by atoms with E-state index in [0.717, 1.165) is 11.3 Å². The Morgan fingerprint density at radius 1 is 1.04 bits per heavy atom. The maximum absolute atomic E-state index is 12.3. The molecule has 0 aliphatic heterocycles. The molecule has 0 aliphatic rings. The van der Waals surface area contributed by atoms with Gasteiger partial charge in [0.2, 0.25) is 0 Å². The normalized spacial score (nSPS) is 11.0. The Balaban J connectivity index is 2.09. The number of esters is 1. The second-order valence-electron chi connectivity index (χ2n) is 6.66. The molecule has 0 fully saturated rings. The Morgan fingerprint density at radius 3 is 2.08 bits per heavy atom. The third kappa shape index (κ3) is 4.89. The van der Waals surface area contributed by atoms with Gasteiger partial charge in [-0.15, -0.1) is 0 Å². The number of carbonyl (C=O) groups is 3. The van der Waals surface area contributed by atoms with Crippen molar-refractivity contribution in [3.8, 4) is 0 Å². The van der Waals surface area contributed by atoms with Crippen LogP contribution in [0.5, 0.6) is 0 Å². The molecule has 0 bridgehead atoms. The summed E-state index contributed by atoms with van der Waals surface area (Å²) >= 11 is 1.05. The second-order valence-corrected chi connectivity index (χ2v) is 7.66. The van der Waals surface area contributed by atoms with Crippen LogP contribution in [-0.2, 0) is 4.74 Å². The molecule has 0 radical (unpaired) electrons. The summed E-state index contributed by atoms with van der Waals surface area (Å²) < 4.78 is 4.67. The van der Waals surface area contributed by atoms with Crippen molar-refractivity contribution in [1.29, 1.82) is 0 Å². The van der Waals surface area contributed by atoms with Gasteiger partial charge in [-0.25, -0.2) is 9.78 Å². The molecule has 8 heteroatoms. The van der Waals surface area contributed by atoms with E-state index in [0.29, 0.717) is 26.8 Å². The van der Waals surface area contributed by atoms with Gasteiger partial charge in [-0.3, -0.25) is 14.9 Å². The van der Waals surface area contributed by atoms with Crippen LogP contribution in [0.4, 0.5) is 5.13 Å². The molecule has 0 unspecified atom stereocenters. The van der Waals surface area contributed by atoms with Gasteiger partial charge in [0.15, 0.2) is 5.13 Å². The fraction of sp³-hybridized carbons (Fsp3) is 0.333. The Kier molecular flexibility index (Phi) is 5.76. The SMILES string of the molecule is COC(=O)c1sc(NC(=O)c2ccc(C(=O)NC(C)(C)C)cc2)nc1C. The lowest BCUT2D eigenvalue weighted by Gasteiger charge is -2.20. The molecule has 0 saturated carbocycles. The molecular weight excluding hydrogens is 354 g/mol. The quantitative estimate of drug-likeness (QED) is 0.801. The monoisotopic (exact) mass is 375 g/mol. The van der Waals surface area contributed by atoms with Crippen molar-refractivity contribution in [3.05, 3.63) is 46.0 Å². The van der Waals surface area contributed by atoms with Gasteiger partial charge in [-0.05, 0) is 52.0 Å². The summed E-state index contributed by atoms with van der Waals surface area (Å²) in [5.41, 5.74) is 0.998. The predicted octanol–water partition coefficient (Wildman–Crippen LogP) is 3.02. The number of nitrogens with one attached hydrogen (secondary N) is 2. The Hall–Kier alpha value is -2.74. The molecule has 0 aliphatic carbocycles. The van der Waals surface area contributed by atoms with E-state index in [1.165, 1.54) is 7.11 Å². The largest absolute Gasteiger partial charge is 0.465 e. The maximum atomic E-state index is 12.3. The molecule has 2 amide bonds. The van der Waals surface area contributed by atoms with Crippen molar-refractivity contribution in [2.24, 2.45) is 0 Å². The van der Waals surface area contributed by atoms with E-state index in [1.54, 1.807) is 31.2 Å². The lowest BCUT2D eigenvalue weighted by molar-refractivity contribution is 0.0605. The zero-order valence-electron chi connectivity index (χ0n) is 15.3. The van der Waals surface area contributed by atoms with Crippen molar-refractivity contribution in [3.63, 3.8) is 0 Å². The van der Waals surface area contributed by atoms with Gasteiger partial charge < -0.3 is 10.1 Å². The number of carbonyl (C=O) groups excluding carboxylic acids is 3. The van der Waals surface area contributed by atoms with E-state index in [-0.39, 0.29) is 17.4 Å². The first-order valence-corrected chi connectivity index (χ1v) is 8.72. The van der Waals surface area contributed by atoms with Crippen LogP contribution in [-0.4, -0.2) is 35.4 Å². The first-order valence-electron chi connectivity index (χ1n) is 7.90. The number of thiazole rings is 1. The molecule has 1 aromatic heterocycles. The highest BCUT2D eigenvalue weighted by molar-refractivity contribution is 7.17. The fourth-order valence-corrected chi connectivity index (χ4v) is 2.97. The number of rotatable bonds is 4. The van der Waals surface area contributed by atoms with Crippen LogP contribution < -0.4 is 10.6 Å². The minimum Gasteiger partial charge on any atom is -0.465 e. The lowest BCUT2D eigenvalue weighted by Crippen LogP contribution is -2.40. The average Bonchev–Trinajstić information content (AvgIpc) is 2.93. The number of hydrogen-bond donors (Lipinski definition) is 2. The van der Waals surface area contributed by atoms with E-state index in [4.69, 9.17) is 0 Å². The average molecular weight is 375 g/mol. The molecule has 138 valence electrons. The van der Waals surface area contributed by atoms with Crippen LogP contribution in [0.1, 0.15) is 56.9 Å². The van der Waals surface area contributed by atoms with Crippen molar-refractivity contribution in [2.75, 3.05) is 12.4 Å². The van der Waals surface area contributed by atoms with Crippen molar-refractivity contribution in [2.45, 2.75) is 33.2 Å². The number of aryl methyl sites for hydroxylation is 1. The highest BCUT2D eigenvalue weighted by atomic mass is 32.1. The van der Waals surface area contributed by atoms with Crippen LogP contribution in [0.3, 0.4) is 0 Å². The molecule has 0 saturated heterocycles. The van der Waals surface area contributed by atoms with Crippen LogP contribution in [0.25, 0.3) is 0 Å². The molecule has 2 N–H and O–H groups in total. The van der Waals surface area contributed by atoms with Gasteiger partial charge in [0.25, 0.3) is 11.8 Å². The first kappa shape index (κ1) is 19.6. The molecule has 26 heavy (non-hydrogen) atoms. The molecule has 2 aromatic rings. The van der Waals surface area contributed by atoms with Gasteiger partial charge >= 0.3 is 5.97 Å². The van der Waals surface area contributed by atoms with Crippen LogP contribution in [0.15, 0.2) is 24.3 Å². The number of methoxy groups -OCH3 is 1. The second kappa shape index (κ2) is 7.65. The van der Waals surface area contributed by atoms with E-state index in [9.17, 15) is 14.4 Å². The lowest BCUT2D eigenvalue weighted by atomic mass is 10.1. The Labute approximate surface area is 155 Å². The highest BCUT2D eigenvalue weighted by Crippen LogP contribution is 2.23. The van der Waals surface area contributed by atoms with Crippen LogP contribution in [0.2, 0.25) is 0 Å². The summed E-state index contributed by atoms with van der Waals surface area (Å²) in [6.45, 7) is 7.35. The number of amides is 2. The summed E-state index contributed by atoms with van der Waals surface area (Å²) in [4.78, 5) is 40.5. The standard InChI is InChI=1S/C18H21N3O4S/c1-10-13(16(24)25-5)26-17(19-10)20-14(22)11-6-8-12(9-7-11)15(23)21-18(2,3)4/h6-9H,1-5H3,(H,21,23)(H,19,20,22). The summed E-state index contributed by atoms with van der Waals surface area (Å²) in [6, 6.07) is 6.30. The van der Waals surface area contributed by atoms with Gasteiger partial charge in [0.1, 0.15) is 4.88 Å². The third-order valence-electron chi connectivity index (χ3n) is 3.29. The number of aromatic nitrogens is 1. The van der Waals surface area contributed by atoms with Gasteiger partial charge in [-0.1, -0.05) is 11.3 Å². The minimum absolute atomic E-state index is 0.206. The molecule has 0 atom stereocenters. The first-order chi connectivity index (χ1) is 12.1. The molecule has 7 nitrogen and oxygen atoms in total. The van der Waals surface area contributed by atoms with Crippen LogP contribution in [0, 0.1) is 6.92 Å². The summed E-state index contributed by atoms with van der Waals surface area (Å²) in [7, 11) is 1.29. The highest BCUT2D eigenvalue weighted by Gasteiger charge is 2.18. The van der Waals surface area contributed by atoms with Crippen molar-refractivity contribution in [1.82, 2.24) is 10.3 Å². The molecule has 1 aromatic carbocycles. The van der Waals surface area contributed by atoms with E-state index in [2.05, 4.69) is 20.4 Å². The van der Waals surface area contributed by atoms with E-state index >= 15 is 0 Å². The van der Waals surface area contributed by atoms with E-state index in [1.807, 2.05) is 20.8 Å². The number of nitrogens with zero attached hydrogens (tertiary/aromatic N) is 1. The van der Waals surface area contributed by atoms with E-state index < -0.39 is 5.97 Å². The molecule has 1 heterocycles. The van der Waals surface area contributed by atoms with Crippen molar-refractivity contribution >= 4 is 34.3 Å². The number of hydrogen-bond acceptors (Lipinski definition) is 6. The van der Waals surface area contributed by atoms with Gasteiger partial charge in [-0.2, -0.15) is 0 Å². The Morgan fingerprint density at radius 2 is 1.58 bits per heavy atom. The minimum atomic E-state index is -0.491. The zero-order valence-corrected chi connectivity index (χ0v) is 16.1. The maximum Gasteiger partial charge on any atom is 0.350 e.